The molecule has 0 unspecified atom stereocenters. The average Bonchev–Trinajstić information content (AvgIpc) is 2.94. The van der Waals surface area contributed by atoms with E-state index in [4.69, 9.17) is 10.5 Å². The molecule has 3 rings (SSSR count). The molecule has 2 heterocycles. The topological polar surface area (TPSA) is 79.2 Å². The van der Waals surface area contributed by atoms with Gasteiger partial charge < -0.3 is 15.0 Å². The van der Waals surface area contributed by atoms with Gasteiger partial charge in [0.2, 0.25) is 0 Å². The molecule has 166 valence electrons. The predicted octanol–water partition coefficient (Wildman–Crippen LogP) is 4.94. The van der Waals surface area contributed by atoms with Crippen molar-refractivity contribution in [1.82, 2.24) is 9.13 Å². The van der Waals surface area contributed by atoms with Crippen molar-refractivity contribution in [3.8, 4) is 0 Å². The number of nitrogens with zero attached hydrogens (tertiary/aromatic N) is 2. The summed E-state index contributed by atoms with van der Waals surface area (Å²) in [6.07, 6.45) is 1.59. The molecular weight excluding hydrogens is 397 g/mol. The molecule has 7 heteroatoms. The minimum Gasteiger partial charge on any atom is -0.443 e. The molecule has 0 aliphatic rings. The zero-order valence-corrected chi connectivity index (χ0v) is 19.0. The molecule has 0 fully saturated rings. The highest BCUT2D eigenvalue weighted by atomic mass is 19.1. The molecule has 0 bridgehead atoms. The maximum atomic E-state index is 14.4. The smallest absolute Gasteiger partial charge is 0.419 e. The fourth-order valence-electron chi connectivity index (χ4n) is 3.64. The third-order valence-electron chi connectivity index (χ3n) is 4.69. The van der Waals surface area contributed by atoms with Crippen molar-refractivity contribution >= 4 is 22.7 Å². The van der Waals surface area contributed by atoms with Crippen molar-refractivity contribution in [3.05, 3.63) is 64.0 Å². The van der Waals surface area contributed by atoms with E-state index in [1.165, 1.54) is 27.3 Å². The molecule has 1 aromatic carbocycles. The van der Waals surface area contributed by atoms with Gasteiger partial charge in [-0.05, 0) is 68.5 Å². The summed E-state index contributed by atoms with van der Waals surface area (Å²) in [5.74, 6) is -0.374. The van der Waals surface area contributed by atoms with Gasteiger partial charge in [0.25, 0.3) is 5.56 Å². The minimum absolute atomic E-state index is 0.0916. The van der Waals surface area contributed by atoms with Gasteiger partial charge in [0.15, 0.2) is 0 Å². The number of fused-ring (bicyclic) bond motifs is 1. The van der Waals surface area contributed by atoms with Gasteiger partial charge in [-0.2, -0.15) is 0 Å². The number of hydrogen-bond donors (Lipinski definition) is 1. The lowest BCUT2D eigenvalue weighted by Crippen LogP contribution is -2.30. The Hall–Kier alpha value is -3.09. The van der Waals surface area contributed by atoms with Crippen LogP contribution in [-0.4, -0.2) is 20.8 Å². The molecular formula is C24H30FN3O3. The van der Waals surface area contributed by atoms with Gasteiger partial charge in [0.1, 0.15) is 11.4 Å². The molecule has 6 nitrogen and oxygen atoms in total. The van der Waals surface area contributed by atoms with Crippen molar-refractivity contribution in [2.75, 3.05) is 5.73 Å². The second-order valence-electron chi connectivity index (χ2n) is 10.1. The van der Waals surface area contributed by atoms with Crippen molar-refractivity contribution in [1.29, 1.82) is 0 Å². The van der Waals surface area contributed by atoms with E-state index in [2.05, 4.69) is 20.8 Å². The maximum absolute atomic E-state index is 14.4. The predicted molar refractivity (Wildman–Crippen MR) is 121 cm³/mol. The van der Waals surface area contributed by atoms with Crippen LogP contribution in [0, 0.1) is 11.2 Å². The number of carbonyl (C=O) groups excluding carboxylic acids is 1. The van der Waals surface area contributed by atoms with Crippen molar-refractivity contribution in [2.24, 2.45) is 5.41 Å². The first kappa shape index (κ1) is 22.6. The fraction of sp³-hybridized carbons (Fsp3) is 0.417. The van der Waals surface area contributed by atoms with E-state index in [1.807, 2.05) is 0 Å². The van der Waals surface area contributed by atoms with Crippen LogP contribution in [-0.2, 0) is 17.7 Å². The third-order valence-corrected chi connectivity index (χ3v) is 4.69. The van der Waals surface area contributed by atoms with Gasteiger partial charge in [-0.1, -0.05) is 20.8 Å². The number of carbonyl (C=O) groups is 1. The first-order valence-corrected chi connectivity index (χ1v) is 10.3. The minimum atomic E-state index is -0.719. The summed E-state index contributed by atoms with van der Waals surface area (Å²) in [4.78, 5) is 25.7. The molecule has 31 heavy (non-hydrogen) atoms. The van der Waals surface area contributed by atoms with Gasteiger partial charge in [0, 0.05) is 11.6 Å². The molecule has 0 aliphatic carbocycles. The number of benzene rings is 1. The number of halogens is 1. The Morgan fingerprint density at radius 1 is 1.13 bits per heavy atom. The van der Waals surface area contributed by atoms with E-state index in [9.17, 15) is 14.0 Å². The number of aromatic nitrogens is 2. The summed E-state index contributed by atoms with van der Waals surface area (Å²) in [6.45, 7) is 11.6. The highest BCUT2D eigenvalue weighted by Crippen LogP contribution is 2.31. The second-order valence-corrected chi connectivity index (χ2v) is 10.1. The molecule has 0 atom stereocenters. The van der Waals surface area contributed by atoms with Crippen LogP contribution in [0.4, 0.5) is 14.9 Å². The average molecular weight is 428 g/mol. The lowest BCUT2D eigenvalue weighted by Gasteiger charge is -2.23. The highest BCUT2D eigenvalue weighted by molar-refractivity contribution is 5.93. The lowest BCUT2D eigenvalue weighted by molar-refractivity contribution is 0.0539. The number of nitrogens with two attached hydrogens (primary N) is 1. The van der Waals surface area contributed by atoms with Crippen LogP contribution in [0.1, 0.15) is 52.8 Å². The summed E-state index contributed by atoms with van der Waals surface area (Å²) in [6, 6.07) is 7.78. The number of hydrogen-bond acceptors (Lipinski definition) is 4. The van der Waals surface area contributed by atoms with E-state index in [0.717, 1.165) is 0 Å². The Bertz CT molecular complexity index is 1190. The standard InChI is InChI=1S/C24H30FN3O3/c1-23(2,3)13-16-11-17(25)10-15-12-18(14-27-9-7-8-19(26)21(27)29)28(20(15)16)22(30)31-24(4,5)6/h7-12H,13-14,26H2,1-6H3. The van der Waals surface area contributed by atoms with E-state index in [0.29, 0.717) is 28.6 Å². The van der Waals surface area contributed by atoms with E-state index in [-0.39, 0.29) is 29.0 Å². The summed E-state index contributed by atoms with van der Waals surface area (Å²) < 4.78 is 23.0. The number of ether oxygens (including phenoxy) is 1. The van der Waals surface area contributed by atoms with E-state index >= 15 is 0 Å². The lowest BCUT2D eigenvalue weighted by atomic mass is 9.87. The van der Waals surface area contributed by atoms with Crippen LogP contribution < -0.4 is 11.3 Å². The van der Waals surface area contributed by atoms with Gasteiger partial charge in [-0.15, -0.1) is 0 Å². The van der Waals surface area contributed by atoms with E-state index in [1.54, 1.807) is 39.1 Å². The highest BCUT2D eigenvalue weighted by Gasteiger charge is 2.26. The Morgan fingerprint density at radius 3 is 2.42 bits per heavy atom. The number of rotatable bonds is 3. The summed E-state index contributed by atoms with van der Waals surface area (Å²) in [5.41, 5.74) is 6.48. The molecule has 0 saturated heterocycles. The number of anilines is 1. The van der Waals surface area contributed by atoms with E-state index < -0.39 is 11.7 Å². The molecule has 0 spiro atoms. The fourth-order valence-corrected chi connectivity index (χ4v) is 3.64. The second kappa shape index (κ2) is 7.87. The first-order chi connectivity index (χ1) is 14.2. The summed E-state index contributed by atoms with van der Waals surface area (Å²) in [5, 5.41) is 0.581. The van der Waals surface area contributed by atoms with Crippen LogP contribution in [0.25, 0.3) is 10.9 Å². The van der Waals surface area contributed by atoms with Gasteiger partial charge in [-0.3, -0.25) is 4.79 Å². The maximum Gasteiger partial charge on any atom is 0.419 e. The first-order valence-electron chi connectivity index (χ1n) is 10.3. The van der Waals surface area contributed by atoms with Gasteiger partial charge in [-0.25, -0.2) is 13.8 Å². The van der Waals surface area contributed by atoms with Gasteiger partial charge in [0.05, 0.1) is 23.4 Å². The molecule has 0 radical (unpaired) electrons. The largest absolute Gasteiger partial charge is 0.443 e. The SMILES string of the molecule is CC(C)(C)Cc1cc(F)cc2cc(Cn3cccc(N)c3=O)n(C(=O)OC(C)(C)C)c12. The summed E-state index contributed by atoms with van der Waals surface area (Å²) >= 11 is 0. The van der Waals surface area contributed by atoms with Crippen LogP contribution in [0.2, 0.25) is 0 Å². The Balaban J connectivity index is 2.26. The van der Waals surface area contributed by atoms with Crippen LogP contribution in [0.15, 0.2) is 41.3 Å². The van der Waals surface area contributed by atoms with Crippen LogP contribution in [0.5, 0.6) is 0 Å². The Labute approximate surface area is 181 Å². The quantitative estimate of drug-likeness (QED) is 0.642. The normalized spacial score (nSPS) is 12.4. The number of nitrogen functional groups attached to an aromatic ring is 1. The Kier molecular flexibility index (Phi) is 5.74. The molecule has 2 N–H and O–H groups in total. The Morgan fingerprint density at radius 2 is 1.81 bits per heavy atom. The van der Waals surface area contributed by atoms with Crippen LogP contribution in [0.3, 0.4) is 0 Å². The molecule has 0 amide bonds. The molecule has 0 saturated carbocycles. The monoisotopic (exact) mass is 427 g/mol. The zero-order chi connectivity index (χ0) is 23.1. The summed E-state index contributed by atoms with van der Waals surface area (Å²) in [7, 11) is 0. The number of pyridine rings is 1. The van der Waals surface area contributed by atoms with Crippen LogP contribution >= 0.6 is 0 Å². The molecule has 0 aliphatic heterocycles. The molecule has 2 aromatic heterocycles. The van der Waals surface area contributed by atoms with Crippen molar-refractivity contribution in [2.45, 2.75) is 60.1 Å². The van der Waals surface area contributed by atoms with Crippen molar-refractivity contribution < 1.29 is 13.9 Å². The van der Waals surface area contributed by atoms with Crippen molar-refractivity contribution in [3.63, 3.8) is 0 Å². The zero-order valence-electron chi connectivity index (χ0n) is 19.0. The van der Waals surface area contributed by atoms with Gasteiger partial charge >= 0.3 is 6.09 Å². The third kappa shape index (κ3) is 5.16. The molecule has 3 aromatic rings.